The largest absolute Gasteiger partial charge is 0.493 e. The number of benzene rings is 1. The average Bonchev–Trinajstić information content (AvgIpc) is 2.97. The second kappa shape index (κ2) is 9.56. The number of aryl methyl sites for hydroxylation is 1. The summed E-state index contributed by atoms with van der Waals surface area (Å²) in [7, 11) is 0. The second-order valence-corrected chi connectivity index (χ2v) is 4.99. The van der Waals surface area contributed by atoms with Crippen molar-refractivity contribution in [2.45, 2.75) is 13.0 Å². The van der Waals surface area contributed by atoms with Gasteiger partial charge in [-0.3, -0.25) is 0 Å². The number of carboxylic acid groups (broad SMARTS) is 2. The lowest BCUT2D eigenvalue weighted by Crippen LogP contribution is -2.09. The van der Waals surface area contributed by atoms with E-state index in [-0.39, 0.29) is 0 Å². The highest BCUT2D eigenvalue weighted by molar-refractivity contribution is 9.10. The fourth-order valence-electron chi connectivity index (χ4n) is 1.41. The zero-order chi connectivity index (χ0) is 16.4. The van der Waals surface area contributed by atoms with Crippen LogP contribution in [-0.2, 0) is 16.1 Å². The lowest BCUT2D eigenvalue weighted by Gasteiger charge is -2.06. The molecule has 0 spiro atoms. The molecule has 1 aromatic heterocycles. The number of nitrogens with zero attached hydrogens (tertiary/aromatic N) is 2. The molecule has 0 aliphatic carbocycles. The number of aliphatic carboxylic acids is 2. The van der Waals surface area contributed by atoms with E-state index < -0.39 is 11.9 Å². The van der Waals surface area contributed by atoms with Crippen LogP contribution in [0.4, 0.5) is 0 Å². The van der Waals surface area contributed by atoms with Gasteiger partial charge in [0, 0.05) is 23.4 Å². The predicted octanol–water partition coefficient (Wildman–Crippen LogP) is 2.27. The van der Waals surface area contributed by atoms with Crippen LogP contribution in [0.5, 0.6) is 5.75 Å². The number of carbonyl (C=O) groups is 2. The minimum atomic E-state index is -1.82. The highest BCUT2D eigenvalue weighted by Gasteiger charge is 2.04. The van der Waals surface area contributed by atoms with Crippen LogP contribution in [0.25, 0.3) is 0 Å². The van der Waals surface area contributed by atoms with Crippen LogP contribution < -0.4 is 4.74 Å². The Hall–Kier alpha value is -2.35. The summed E-state index contributed by atoms with van der Waals surface area (Å²) in [5.41, 5.74) is 0. The molecule has 0 aliphatic rings. The number of ether oxygens (including phenoxy) is 1. The Bertz CT molecular complexity index is 589. The van der Waals surface area contributed by atoms with Crippen LogP contribution in [-0.4, -0.2) is 38.3 Å². The molecule has 0 fully saturated rings. The van der Waals surface area contributed by atoms with Gasteiger partial charge in [0.15, 0.2) is 0 Å². The van der Waals surface area contributed by atoms with Gasteiger partial charge < -0.3 is 19.5 Å². The summed E-state index contributed by atoms with van der Waals surface area (Å²) in [5.74, 6) is -2.75. The van der Waals surface area contributed by atoms with E-state index in [0.29, 0.717) is 6.61 Å². The monoisotopic (exact) mass is 370 g/mol. The average molecular weight is 371 g/mol. The lowest BCUT2D eigenvalue weighted by atomic mass is 10.3. The molecule has 0 aliphatic heterocycles. The number of aromatic nitrogens is 2. The van der Waals surface area contributed by atoms with Gasteiger partial charge in [0.1, 0.15) is 5.75 Å². The Morgan fingerprint density at radius 2 is 2.00 bits per heavy atom. The van der Waals surface area contributed by atoms with E-state index >= 15 is 0 Å². The molecule has 0 unspecified atom stereocenters. The van der Waals surface area contributed by atoms with Crippen molar-refractivity contribution in [2.24, 2.45) is 0 Å². The highest BCUT2D eigenvalue weighted by atomic mass is 79.9. The number of halogens is 1. The number of imidazole rings is 1. The van der Waals surface area contributed by atoms with Gasteiger partial charge in [-0.1, -0.05) is 22.0 Å². The predicted molar refractivity (Wildman–Crippen MR) is 81.8 cm³/mol. The molecule has 0 saturated carbocycles. The minimum Gasteiger partial charge on any atom is -0.493 e. The van der Waals surface area contributed by atoms with Crippen molar-refractivity contribution in [2.75, 3.05) is 6.61 Å². The SMILES string of the molecule is Brc1cccc(OCCCn2ccnc2)c1.O=C(O)C(=O)O. The Kier molecular flexibility index (Phi) is 7.69. The van der Waals surface area contributed by atoms with E-state index in [9.17, 15) is 0 Å². The van der Waals surface area contributed by atoms with Crippen molar-refractivity contribution in [1.82, 2.24) is 9.55 Å². The first kappa shape index (κ1) is 17.7. The minimum absolute atomic E-state index is 0.717. The normalized spacial score (nSPS) is 9.50. The third kappa shape index (κ3) is 7.44. The summed E-state index contributed by atoms with van der Waals surface area (Å²) >= 11 is 3.41. The van der Waals surface area contributed by atoms with Gasteiger partial charge in [-0.2, -0.15) is 0 Å². The molecule has 118 valence electrons. The number of carboxylic acids is 2. The van der Waals surface area contributed by atoms with Gasteiger partial charge in [-0.05, 0) is 24.6 Å². The van der Waals surface area contributed by atoms with Crippen LogP contribution in [0.15, 0.2) is 47.5 Å². The van der Waals surface area contributed by atoms with Crippen LogP contribution >= 0.6 is 15.9 Å². The second-order valence-electron chi connectivity index (χ2n) is 4.07. The maximum Gasteiger partial charge on any atom is 0.414 e. The zero-order valence-electron chi connectivity index (χ0n) is 11.6. The molecule has 22 heavy (non-hydrogen) atoms. The first-order valence-corrected chi connectivity index (χ1v) is 7.08. The van der Waals surface area contributed by atoms with Crippen molar-refractivity contribution in [3.05, 3.63) is 47.5 Å². The summed E-state index contributed by atoms with van der Waals surface area (Å²) in [6.07, 6.45) is 6.54. The van der Waals surface area contributed by atoms with Gasteiger partial charge in [0.05, 0.1) is 12.9 Å². The van der Waals surface area contributed by atoms with E-state index in [0.717, 1.165) is 23.2 Å². The topological polar surface area (TPSA) is 102 Å². The standard InChI is InChI=1S/C12H13BrN2O.C2H2O4/c13-11-3-1-4-12(9-11)16-8-2-6-15-7-5-14-10-15;3-1(4)2(5)6/h1,3-5,7,9-10H,2,6,8H2;(H,3,4)(H,5,6). The summed E-state index contributed by atoms with van der Waals surface area (Å²) in [4.78, 5) is 22.2. The van der Waals surface area contributed by atoms with Crippen molar-refractivity contribution < 1.29 is 24.5 Å². The van der Waals surface area contributed by atoms with E-state index in [1.807, 2.05) is 41.4 Å². The first-order chi connectivity index (χ1) is 10.5. The van der Waals surface area contributed by atoms with Gasteiger partial charge in [0.2, 0.25) is 0 Å². The van der Waals surface area contributed by atoms with Crippen molar-refractivity contribution in [3.8, 4) is 5.75 Å². The Labute approximate surface area is 135 Å². The number of hydrogen-bond donors (Lipinski definition) is 2. The zero-order valence-corrected chi connectivity index (χ0v) is 13.1. The Balaban J connectivity index is 0.000000346. The third-order valence-electron chi connectivity index (χ3n) is 2.37. The van der Waals surface area contributed by atoms with Crippen LogP contribution in [0, 0.1) is 0 Å². The maximum atomic E-state index is 9.10. The third-order valence-corrected chi connectivity index (χ3v) is 2.86. The Morgan fingerprint density at radius 1 is 1.27 bits per heavy atom. The quantitative estimate of drug-likeness (QED) is 0.618. The molecule has 2 N–H and O–H groups in total. The smallest absolute Gasteiger partial charge is 0.414 e. The molecule has 2 rings (SSSR count). The van der Waals surface area contributed by atoms with E-state index in [1.54, 1.807) is 6.20 Å². The molecular formula is C14H15BrN2O5. The summed E-state index contributed by atoms with van der Waals surface area (Å²) in [6.45, 7) is 1.66. The molecule has 0 amide bonds. The van der Waals surface area contributed by atoms with Gasteiger partial charge >= 0.3 is 11.9 Å². The van der Waals surface area contributed by atoms with Crippen molar-refractivity contribution in [1.29, 1.82) is 0 Å². The molecule has 0 atom stereocenters. The fraction of sp³-hybridized carbons (Fsp3) is 0.214. The molecule has 1 aromatic carbocycles. The number of hydrogen-bond acceptors (Lipinski definition) is 4. The summed E-state index contributed by atoms with van der Waals surface area (Å²) < 4.78 is 8.71. The van der Waals surface area contributed by atoms with Gasteiger partial charge in [-0.25, -0.2) is 14.6 Å². The maximum absolute atomic E-state index is 9.10. The summed E-state index contributed by atoms with van der Waals surface area (Å²) in [6, 6.07) is 7.88. The van der Waals surface area contributed by atoms with Crippen LogP contribution in [0.1, 0.15) is 6.42 Å². The van der Waals surface area contributed by atoms with Crippen molar-refractivity contribution in [3.63, 3.8) is 0 Å². The number of rotatable bonds is 5. The summed E-state index contributed by atoms with van der Waals surface area (Å²) in [5, 5.41) is 14.8. The molecular weight excluding hydrogens is 356 g/mol. The van der Waals surface area contributed by atoms with Gasteiger partial charge in [-0.15, -0.1) is 0 Å². The van der Waals surface area contributed by atoms with E-state index in [2.05, 4.69) is 20.9 Å². The fourth-order valence-corrected chi connectivity index (χ4v) is 1.79. The molecule has 7 nitrogen and oxygen atoms in total. The first-order valence-electron chi connectivity index (χ1n) is 6.29. The van der Waals surface area contributed by atoms with Gasteiger partial charge in [0.25, 0.3) is 0 Å². The lowest BCUT2D eigenvalue weighted by molar-refractivity contribution is -0.159. The van der Waals surface area contributed by atoms with Crippen LogP contribution in [0.3, 0.4) is 0 Å². The molecule has 0 radical (unpaired) electrons. The van der Waals surface area contributed by atoms with E-state index in [1.165, 1.54) is 0 Å². The molecule has 2 aromatic rings. The highest BCUT2D eigenvalue weighted by Crippen LogP contribution is 2.17. The molecule has 1 heterocycles. The van der Waals surface area contributed by atoms with Crippen LogP contribution in [0.2, 0.25) is 0 Å². The molecule has 0 saturated heterocycles. The van der Waals surface area contributed by atoms with Crippen molar-refractivity contribution >= 4 is 27.9 Å². The molecule has 8 heteroatoms. The van der Waals surface area contributed by atoms with E-state index in [4.69, 9.17) is 24.5 Å². The Morgan fingerprint density at radius 3 is 2.55 bits per heavy atom. The molecule has 0 bridgehead atoms.